The third-order valence-corrected chi connectivity index (χ3v) is 2.63. The summed E-state index contributed by atoms with van der Waals surface area (Å²) in [5.74, 6) is 1.03. The average Bonchev–Trinajstić information content (AvgIpc) is 2.36. The first-order valence-corrected chi connectivity index (χ1v) is 6.19. The molecule has 0 fully saturated rings. The Balaban J connectivity index is 2.63. The SMILES string of the molecule is C=CCNC(=O)[C@@H](C)Oc1cccc(C(C)C)c1. The first-order valence-electron chi connectivity index (χ1n) is 6.19. The summed E-state index contributed by atoms with van der Waals surface area (Å²) in [6.07, 6.45) is 1.14. The van der Waals surface area contributed by atoms with Crippen molar-refractivity contribution < 1.29 is 9.53 Å². The summed E-state index contributed by atoms with van der Waals surface area (Å²) < 4.78 is 5.62. The Bertz CT molecular complexity index is 413. The van der Waals surface area contributed by atoms with E-state index >= 15 is 0 Å². The van der Waals surface area contributed by atoms with E-state index in [0.717, 1.165) is 5.75 Å². The second-order valence-corrected chi connectivity index (χ2v) is 4.52. The second-order valence-electron chi connectivity index (χ2n) is 4.52. The van der Waals surface area contributed by atoms with Gasteiger partial charge in [-0.05, 0) is 30.5 Å². The van der Waals surface area contributed by atoms with Crippen LogP contribution in [0.1, 0.15) is 32.3 Å². The standard InChI is InChI=1S/C15H21NO2/c1-5-9-16-15(17)12(4)18-14-8-6-7-13(10-14)11(2)3/h5-8,10-12H,1,9H2,2-4H3,(H,16,17)/t12-/m1/s1. The molecule has 1 atom stereocenters. The van der Waals surface area contributed by atoms with Crippen LogP contribution in [0.2, 0.25) is 0 Å². The summed E-state index contributed by atoms with van der Waals surface area (Å²) in [6.45, 7) is 9.99. The zero-order valence-electron chi connectivity index (χ0n) is 11.3. The molecular weight excluding hydrogens is 226 g/mol. The molecule has 0 aromatic heterocycles. The van der Waals surface area contributed by atoms with Crippen molar-refractivity contribution in [3.8, 4) is 5.75 Å². The number of carbonyl (C=O) groups is 1. The molecule has 0 aliphatic heterocycles. The highest BCUT2D eigenvalue weighted by molar-refractivity contribution is 5.80. The number of hydrogen-bond acceptors (Lipinski definition) is 2. The van der Waals surface area contributed by atoms with E-state index in [1.165, 1.54) is 5.56 Å². The van der Waals surface area contributed by atoms with Crippen LogP contribution in [0.5, 0.6) is 5.75 Å². The van der Waals surface area contributed by atoms with E-state index in [1.807, 2.05) is 18.2 Å². The molecule has 98 valence electrons. The number of hydrogen-bond donors (Lipinski definition) is 1. The van der Waals surface area contributed by atoms with Crippen LogP contribution in [0.4, 0.5) is 0 Å². The molecule has 0 saturated carbocycles. The predicted octanol–water partition coefficient (Wildman–Crippen LogP) is 2.88. The van der Waals surface area contributed by atoms with Crippen molar-refractivity contribution >= 4 is 5.91 Å². The van der Waals surface area contributed by atoms with E-state index < -0.39 is 6.10 Å². The molecule has 0 saturated heterocycles. The number of ether oxygens (including phenoxy) is 1. The van der Waals surface area contributed by atoms with Crippen molar-refractivity contribution in [1.82, 2.24) is 5.32 Å². The Morgan fingerprint density at radius 3 is 2.78 bits per heavy atom. The monoisotopic (exact) mass is 247 g/mol. The summed E-state index contributed by atoms with van der Waals surface area (Å²) in [6, 6.07) is 7.84. The fourth-order valence-electron chi connectivity index (χ4n) is 1.52. The molecule has 3 heteroatoms. The molecule has 0 aliphatic rings. The van der Waals surface area contributed by atoms with Crippen molar-refractivity contribution in [3.63, 3.8) is 0 Å². The molecule has 18 heavy (non-hydrogen) atoms. The minimum Gasteiger partial charge on any atom is -0.481 e. The van der Waals surface area contributed by atoms with Gasteiger partial charge in [-0.1, -0.05) is 32.1 Å². The lowest BCUT2D eigenvalue weighted by molar-refractivity contribution is -0.127. The summed E-state index contributed by atoms with van der Waals surface area (Å²) in [7, 11) is 0. The highest BCUT2D eigenvalue weighted by Gasteiger charge is 2.13. The van der Waals surface area contributed by atoms with Crippen LogP contribution in [0.3, 0.4) is 0 Å². The van der Waals surface area contributed by atoms with Gasteiger partial charge in [-0.3, -0.25) is 4.79 Å². The number of rotatable bonds is 6. The maximum absolute atomic E-state index is 11.6. The number of benzene rings is 1. The largest absolute Gasteiger partial charge is 0.481 e. The van der Waals surface area contributed by atoms with Gasteiger partial charge in [0.05, 0.1) is 0 Å². The average molecular weight is 247 g/mol. The Hall–Kier alpha value is -1.77. The van der Waals surface area contributed by atoms with Crippen molar-refractivity contribution in [2.75, 3.05) is 6.54 Å². The van der Waals surface area contributed by atoms with Crippen LogP contribution in [-0.4, -0.2) is 18.6 Å². The molecule has 0 spiro atoms. The molecule has 0 heterocycles. The van der Waals surface area contributed by atoms with Gasteiger partial charge in [-0.25, -0.2) is 0 Å². The molecule has 0 bridgehead atoms. The van der Waals surface area contributed by atoms with Gasteiger partial charge in [-0.15, -0.1) is 6.58 Å². The smallest absolute Gasteiger partial charge is 0.261 e. The summed E-state index contributed by atoms with van der Waals surface area (Å²) in [5.41, 5.74) is 1.20. The van der Waals surface area contributed by atoms with Gasteiger partial charge in [0.15, 0.2) is 6.10 Å². The van der Waals surface area contributed by atoms with Gasteiger partial charge in [0.25, 0.3) is 5.91 Å². The molecule has 0 unspecified atom stereocenters. The van der Waals surface area contributed by atoms with Gasteiger partial charge < -0.3 is 10.1 Å². The lowest BCUT2D eigenvalue weighted by Gasteiger charge is -2.15. The predicted molar refractivity (Wildman–Crippen MR) is 73.8 cm³/mol. The van der Waals surface area contributed by atoms with E-state index in [1.54, 1.807) is 13.0 Å². The lowest BCUT2D eigenvalue weighted by Crippen LogP contribution is -2.36. The highest BCUT2D eigenvalue weighted by Crippen LogP contribution is 2.20. The summed E-state index contributed by atoms with van der Waals surface area (Å²) in [5, 5.41) is 2.71. The Morgan fingerprint density at radius 1 is 1.44 bits per heavy atom. The second kappa shape index (κ2) is 6.84. The Labute approximate surface area is 109 Å². The highest BCUT2D eigenvalue weighted by atomic mass is 16.5. The molecular formula is C15H21NO2. The first kappa shape index (κ1) is 14.3. The van der Waals surface area contributed by atoms with Crippen molar-refractivity contribution in [2.45, 2.75) is 32.8 Å². The van der Waals surface area contributed by atoms with E-state index in [0.29, 0.717) is 12.5 Å². The third kappa shape index (κ3) is 4.24. The topological polar surface area (TPSA) is 38.3 Å². The molecule has 1 N–H and O–H groups in total. The van der Waals surface area contributed by atoms with Crippen molar-refractivity contribution in [1.29, 1.82) is 0 Å². The molecule has 3 nitrogen and oxygen atoms in total. The van der Waals surface area contributed by atoms with Crippen LogP contribution in [0, 0.1) is 0 Å². The van der Waals surface area contributed by atoms with Crippen LogP contribution in [-0.2, 0) is 4.79 Å². The number of amides is 1. The maximum atomic E-state index is 11.6. The van der Waals surface area contributed by atoms with Crippen LogP contribution < -0.4 is 10.1 Å². The van der Waals surface area contributed by atoms with E-state index in [4.69, 9.17) is 4.74 Å². The summed E-state index contributed by atoms with van der Waals surface area (Å²) in [4.78, 5) is 11.6. The number of nitrogens with one attached hydrogen (secondary N) is 1. The van der Waals surface area contributed by atoms with Crippen LogP contribution in [0.25, 0.3) is 0 Å². The fraction of sp³-hybridized carbons (Fsp3) is 0.400. The van der Waals surface area contributed by atoms with Gasteiger partial charge >= 0.3 is 0 Å². The first-order chi connectivity index (χ1) is 8.54. The van der Waals surface area contributed by atoms with Gasteiger partial charge in [-0.2, -0.15) is 0 Å². The van der Waals surface area contributed by atoms with Gasteiger partial charge in [0, 0.05) is 6.54 Å². The van der Waals surface area contributed by atoms with Crippen molar-refractivity contribution in [2.24, 2.45) is 0 Å². The van der Waals surface area contributed by atoms with Crippen LogP contribution >= 0.6 is 0 Å². The third-order valence-electron chi connectivity index (χ3n) is 2.63. The Morgan fingerprint density at radius 2 is 2.17 bits per heavy atom. The molecule has 0 aliphatic carbocycles. The minimum atomic E-state index is -0.507. The quantitative estimate of drug-likeness (QED) is 0.785. The van der Waals surface area contributed by atoms with Crippen molar-refractivity contribution in [3.05, 3.63) is 42.5 Å². The van der Waals surface area contributed by atoms with E-state index in [-0.39, 0.29) is 5.91 Å². The lowest BCUT2D eigenvalue weighted by atomic mass is 10.0. The fourth-order valence-corrected chi connectivity index (χ4v) is 1.52. The normalized spacial score (nSPS) is 12.0. The molecule has 1 amide bonds. The van der Waals surface area contributed by atoms with Gasteiger partial charge in [0.2, 0.25) is 0 Å². The molecule has 1 rings (SSSR count). The molecule has 0 radical (unpaired) electrons. The summed E-state index contributed by atoms with van der Waals surface area (Å²) >= 11 is 0. The minimum absolute atomic E-state index is 0.134. The van der Waals surface area contributed by atoms with Gasteiger partial charge in [0.1, 0.15) is 5.75 Å². The molecule has 1 aromatic rings. The van der Waals surface area contributed by atoms with E-state index in [2.05, 4.69) is 31.8 Å². The maximum Gasteiger partial charge on any atom is 0.261 e. The molecule has 1 aromatic carbocycles. The Kier molecular flexibility index (Phi) is 5.43. The zero-order valence-corrected chi connectivity index (χ0v) is 11.3. The number of carbonyl (C=O) groups excluding carboxylic acids is 1. The zero-order chi connectivity index (χ0) is 13.5. The van der Waals surface area contributed by atoms with E-state index in [9.17, 15) is 4.79 Å². The van der Waals surface area contributed by atoms with Crippen LogP contribution in [0.15, 0.2) is 36.9 Å².